The van der Waals surface area contributed by atoms with Crippen LogP contribution in [0.3, 0.4) is 0 Å². The van der Waals surface area contributed by atoms with E-state index in [1.54, 1.807) is 6.07 Å². The van der Waals surface area contributed by atoms with Gasteiger partial charge in [0.2, 0.25) is 5.95 Å². The Bertz CT molecular complexity index is 523. The molecule has 6 heteroatoms. The van der Waals surface area contributed by atoms with Gasteiger partial charge in [0.05, 0.1) is 6.10 Å². The van der Waals surface area contributed by atoms with Crippen LogP contribution < -0.4 is 10.6 Å². The minimum absolute atomic E-state index is 0.142. The fraction of sp³-hybridized carbons (Fsp3) is 0.688. The minimum Gasteiger partial charge on any atom is -0.376 e. The van der Waals surface area contributed by atoms with Crippen molar-refractivity contribution in [2.24, 2.45) is 0 Å². The van der Waals surface area contributed by atoms with Crippen molar-refractivity contribution in [3.8, 4) is 0 Å². The van der Waals surface area contributed by atoms with Crippen molar-refractivity contribution >= 4 is 11.9 Å². The van der Waals surface area contributed by atoms with Gasteiger partial charge in [0.15, 0.2) is 0 Å². The van der Waals surface area contributed by atoms with Gasteiger partial charge in [-0.2, -0.15) is 0 Å². The molecular formula is C16H24N4O2. The number of aryl methyl sites for hydroxylation is 1. The van der Waals surface area contributed by atoms with Gasteiger partial charge in [0.1, 0.15) is 5.69 Å². The summed E-state index contributed by atoms with van der Waals surface area (Å²) in [6.45, 7) is 3.23. The normalized spacial score (nSPS) is 22.0. The van der Waals surface area contributed by atoms with Crippen molar-refractivity contribution in [2.45, 2.75) is 57.6 Å². The van der Waals surface area contributed by atoms with Gasteiger partial charge in [-0.3, -0.25) is 4.79 Å². The number of carbonyl (C=O) groups excluding carboxylic acids is 1. The van der Waals surface area contributed by atoms with Gasteiger partial charge in [-0.25, -0.2) is 9.97 Å². The molecule has 3 rings (SSSR count). The molecule has 1 saturated carbocycles. The second kappa shape index (κ2) is 7.05. The maximum Gasteiger partial charge on any atom is 0.270 e. The maximum absolute atomic E-state index is 12.3. The SMILES string of the molecule is Cc1cc(C(=O)NCC2CCCO2)nc(NC2CCCC2)n1. The third kappa shape index (κ3) is 3.94. The number of hydrogen-bond acceptors (Lipinski definition) is 5. The van der Waals surface area contributed by atoms with Crippen LogP contribution in [0.1, 0.15) is 54.7 Å². The van der Waals surface area contributed by atoms with Crippen molar-refractivity contribution in [1.82, 2.24) is 15.3 Å². The number of hydrogen-bond donors (Lipinski definition) is 2. The molecule has 0 aromatic carbocycles. The predicted molar refractivity (Wildman–Crippen MR) is 84.0 cm³/mol. The smallest absolute Gasteiger partial charge is 0.270 e. The molecule has 1 aliphatic carbocycles. The Morgan fingerprint density at radius 1 is 1.27 bits per heavy atom. The molecule has 1 aliphatic heterocycles. The highest BCUT2D eigenvalue weighted by Crippen LogP contribution is 2.21. The molecule has 1 aromatic rings. The van der Waals surface area contributed by atoms with Crippen molar-refractivity contribution in [3.05, 3.63) is 17.5 Å². The lowest BCUT2D eigenvalue weighted by Gasteiger charge is -2.14. The van der Waals surface area contributed by atoms with Crippen LogP contribution in [0.25, 0.3) is 0 Å². The minimum atomic E-state index is -0.157. The highest BCUT2D eigenvalue weighted by atomic mass is 16.5. The number of rotatable bonds is 5. The summed E-state index contributed by atoms with van der Waals surface area (Å²) in [5, 5.41) is 6.25. The molecule has 2 aliphatic rings. The molecule has 2 N–H and O–H groups in total. The van der Waals surface area contributed by atoms with E-state index in [9.17, 15) is 4.79 Å². The number of nitrogens with one attached hydrogen (secondary N) is 2. The fourth-order valence-electron chi connectivity index (χ4n) is 3.10. The summed E-state index contributed by atoms with van der Waals surface area (Å²) in [6, 6.07) is 2.16. The number of anilines is 1. The zero-order valence-electron chi connectivity index (χ0n) is 13.1. The molecule has 1 atom stereocenters. The van der Waals surface area contributed by atoms with E-state index in [4.69, 9.17) is 4.74 Å². The Labute approximate surface area is 131 Å². The molecule has 1 saturated heterocycles. The van der Waals surface area contributed by atoms with E-state index in [2.05, 4.69) is 20.6 Å². The summed E-state index contributed by atoms with van der Waals surface area (Å²) in [5.41, 5.74) is 1.23. The first kappa shape index (κ1) is 15.2. The highest BCUT2D eigenvalue weighted by molar-refractivity contribution is 5.92. The Morgan fingerprint density at radius 3 is 2.82 bits per heavy atom. The topological polar surface area (TPSA) is 76.1 Å². The van der Waals surface area contributed by atoms with E-state index < -0.39 is 0 Å². The summed E-state index contributed by atoms with van der Waals surface area (Å²) in [6.07, 6.45) is 7.02. The van der Waals surface area contributed by atoms with Crippen LogP contribution >= 0.6 is 0 Å². The third-order valence-corrected chi connectivity index (χ3v) is 4.29. The first-order chi connectivity index (χ1) is 10.7. The molecule has 1 amide bonds. The van der Waals surface area contributed by atoms with Crippen molar-refractivity contribution < 1.29 is 9.53 Å². The molecule has 6 nitrogen and oxygen atoms in total. The number of aromatic nitrogens is 2. The van der Waals surface area contributed by atoms with Gasteiger partial charge < -0.3 is 15.4 Å². The molecule has 0 spiro atoms. The van der Waals surface area contributed by atoms with Crippen molar-refractivity contribution in [1.29, 1.82) is 0 Å². The molecule has 2 fully saturated rings. The zero-order chi connectivity index (χ0) is 15.4. The third-order valence-electron chi connectivity index (χ3n) is 4.29. The lowest BCUT2D eigenvalue weighted by Crippen LogP contribution is -2.32. The monoisotopic (exact) mass is 304 g/mol. The molecule has 0 bridgehead atoms. The van der Waals surface area contributed by atoms with Crippen LogP contribution in [0.15, 0.2) is 6.07 Å². The second-order valence-electron chi connectivity index (χ2n) is 6.19. The Balaban J connectivity index is 1.61. The number of nitrogens with zero attached hydrogens (tertiary/aromatic N) is 2. The Hall–Kier alpha value is -1.69. The lowest BCUT2D eigenvalue weighted by atomic mass is 10.2. The van der Waals surface area contributed by atoms with E-state index in [-0.39, 0.29) is 12.0 Å². The van der Waals surface area contributed by atoms with E-state index in [0.29, 0.717) is 24.2 Å². The largest absolute Gasteiger partial charge is 0.376 e. The highest BCUT2D eigenvalue weighted by Gasteiger charge is 2.19. The van der Waals surface area contributed by atoms with Gasteiger partial charge in [-0.15, -0.1) is 0 Å². The van der Waals surface area contributed by atoms with E-state index in [1.807, 2.05) is 6.92 Å². The van der Waals surface area contributed by atoms with E-state index in [0.717, 1.165) is 38.0 Å². The first-order valence-corrected chi connectivity index (χ1v) is 8.23. The summed E-state index contributed by atoms with van der Waals surface area (Å²) in [4.78, 5) is 21.0. The zero-order valence-corrected chi connectivity index (χ0v) is 13.1. The summed E-state index contributed by atoms with van der Waals surface area (Å²) >= 11 is 0. The Morgan fingerprint density at radius 2 is 2.09 bits per heavy atom. The summed E-state index contributed by atoms with van der Waals surface area (Å²) in [7, 11) is 0. The quantitative estimate of drug-likeness (QED) is 0.870. The standard InChI is InChI=1S/C16H24N4O2/c1-11-9-14(15(21)17-10-13-7-4-8-22-13)20-16(18-11)19-12-5-2-3-6-12/h9,12-13H,2-8,10H2,1H3,(H,17,21)(H,18,19,20). The van der Waals surface area contributed by atoms with Gasteiger partial charge >= 0.3 is 0 Å². The van der Waals surface area contributed by atoms with Crippen LogP contribution in [0, 0.1) is 6.92 Å². The van der Waals surface area contributed by atoms with Crippen molar-refractivity contribution in [2.75, 3.05) is 18.5 Å². The van der Waals surface area contributed by atoms with Gasteiger partial charge in [0, 0.05) is 24.9 Å². The van der Waals surface area contributed by atoms with Crippen molar-refractivity contribution in [3.63, 3.8) is 0 Å². The Kier molecular flexibility index (Phi) is 4.87. The molecule has 1 aromatic heterocycles. The van der Waals surface area contributed by atoms with Crippen LogP contribution in [-0.4, -0.2) is 41.2 Å². The lowest BCUT2D eigenvalue weighted by molar-refractivity contribution is 0.0853. The summed E-state index contributed by atoms with van der Waals surface area (Å²) in [5.74, 6) is 0.407. The van der Waals surface area contributed by atoms with Crippen LogP contribution in [0.5, 0.6) is 0 Å². The second-order valence-corrected chi connectivity index (χ2v) is 6.19. The van der Waals surface area contributed by atoms with Crippen LogP contribution in [0.4, 0.5) is 5.95 Å². The van der Waals surface area contributed by atoms with Gasteiger partial charge in [-0.05, 0) is 38.7 Å². The van der Waals surface area contributed by atoms with E-state index in [1.165, 1.54) is 12.8 Å². The summed E-state index contributed by atoms with van der Waals surface area (Å²) < 4.78 is 5.52. The average molecular weight is 304 g/mol. The number of ether oxygens (including phenoxy) is 1. The van der Waals surface area contributed by atoms with Crippen LogP contribution in [-0.2, 0) is 4.74 Å². The fourth-order valence-corrected chi connectivity index (χ4v) is 3.10. The van der Waals surface area contributed by atoms with E-state index >= 15 is 0 Å². The predicted octanol–water partition coefficient (Wildman–Crippen LogP) is 2.05. The first-order valence-electron chi connectivity index (χ1n) is 8.23. The number of carbonyl (C=O) groups is 1. The molecule has 0 radical (unpaired) electrons. The number of amides is 1. The average Bonchev–Trinajstić information content (AvgIpc) is 3.17. The molecule has 2 heterocycles. The molecule has 1 unspecified atom stereocenters. The van der Waals surface area contributed by atoms with Crippen LogP contribution in [0.2, 0.25) is 0 Å². The molecular weight excluding hydrogens is 280 g/mol. The van der Waals surface area contributed by atoms with Gasteiger partial charge in [0.25, 0.3) is 5.91 Å². The maximum atomic E-state index is 12.3. The van der Waals surface area contributed by atoms with Gasteiger partial charge in [-0.1, -0.05) is 12.8 Å². The molecule has 120 valence electrons. The molecule has 22 heavy (non-hydrogen) atoms.